The average molecular weight is 358 g/mol. The molecular formula is C20H26N2O4. The Morgan fingerprint density at radius 2 is 1.77 bits per heavy atom. The van der Waals surface area contributed by atoms with Crippen molar-refractivity contribution in [2.45, 2.75) is 57.4 Å². The first-order valence-corrected chi connectivity index (χ1v) is 9.66. The fourth-order valence-corrected chi connectivity index (χ4v) is 4.47. The van der Waals surface area contributed by atoms with E-state index in [4.69, 9.17) is 4.42 Å². The number of carbonyl (C=O) groups is 2. The van der Waals surface area contributed by atoms with Gasteiger partial charge >= 0.3 is 5.63 Å². The predicted molar refractivity (Wildman–Crippen MR) is 96.1 cm³/mol. The molecule has 0 unspecified atom stereocenters. The first-order valence-electron chi connectivity index (χ1n) is 9.66. The molecule has 6 heteroatoms. The third kappa shape index (κ3) is 2.85. The van der Waals surface area contributed by atoms with Gasteiger partial charge in [0.05, 0.1) is 5.92 Å². The zero-order chi connectivity index (χ0) is 18.4. The molecule has 1 aromatic heterocycles. The van der Waals surface area contributed by atoms with Crippen LogP contribution in [0.2, 0.25) is 0 Å². The Morgan fingerprint density at radius 1 is 1.08 bits per heavy atom. The van der Waals surface area contributed by atoms with Gasteiger partial charge in [-0.15, -0.1) is 0 Å². The molecule has 0 N–H and O–H groups in total. The summed E-state index contributed by atoms with van der Waals surface area (Å²) in [4.78, 5) is 41.7. The normalized spacial score (nSPS) is 26.5. The Bertz CT molecular complexity index is 795. The van der Waals surface area contributed by atoms with E-state index < -0.39 is 5.63 Å². The standard InChI is InChI=1S/C20H26N2O4/c1-12-9-16(13-5-3-6-13)26-20(25)17(12)19(24)22-10-14-7-4-8-15(11-22)21(2)18(14)23/h9,13-15H,3-8,10-11H2,1-2H3/t14-,15+/m1/s1. The molecular weight excluding hydrogens is 332 g/mol. The Labute approximate surface area is 153 Å². The fourth-order valence-electron chi connectivity index (χ4n) is 4.47. The van der Waals surface area contributed by atoms with E-state index in [0.29, 0.717) is 30.3 Å². The van der Waals surface area contributed by atoms with Crippen molar-refractivity contribution in [2.75, 3.05) is 20.1 Å². The monoisotopic (exact) mass is 358 g/mol. The van der Waals surface area contributed by atoms with Gasteiger partial charge in [0.15, 0.2) is 0 Å². The zero-order valence-corrected chi connectivity index (χ0v) is 15.5. The molecule has 1 saturated carbocycles. The number of fused-ring (bicyclic) bond motifs is 3. The van der Waals surface area contributed by atoms with Gasteiger partial charge in [0.25, 0.3) is 5.91 Å². The minimum absolute atomic E-state index is 0.0283. The van der Waals surface area contributed by atoms with Crippen LogP contribution in [-0.4, -0.2) is 47.8 Å². The van der Waals surface area contributed by atoms with Crippen LogP contribution in [0.25, 0.3) is 0 Å². The summed E-state index contributed by atoms with van der Waals surface area (Å²) in [6.07, 6.45) is 5.95. The molecule has 2 amide bonds. The second-order valence-corrected chi connectivity index (χ2v) is 8.06. The van der Waals surface area contributed by atoms with Crippen molar-refractivity contribution in [3.8, 4) is 0 Å². The van der Waals surface area contributed by atoms with Crippen LogP contribution in [0.4, 0.5) is 0 Å². The molecule has 4 rings (SSSR count). The van der Waals surface area contributed by atoms with Gasteiger partial charge in [-0.2, -0.15) is 0 Å². The molecule has 2 saturated heterocycles. The highest BCUT2D eigenvalue weighted by atomic mass is 16.4. The quantitative estimate of drug-likeness (QED) is 0.813. The van der Waals surface area contributed by atoms with Gasteiger partial charge in [0.1, 0.15) is 11.3 Å². The summed E-state index contributed by atoms with van der Waals surface area (Å²) in [5, 5.41) is 0. The molecule has 140 valence electrons. The first kappa shape index (κ1) is 17.3. The third-order valence-electron chi connectivity index (χ3n) is 6.38. The van der Waals surface area contributed by atoms with Crippen molar-refractivity contribution in [3.63, 3.8) is 0 Å². The molecule has 0 aromatic carbocycles. The van der Waals surface area contributed by atoms with Gasteiger partial charge in [-0.25, -0.2) is 4.79 Å². The van der Waals surface area contributed by atoms with Crippen LogP contribution in [0, 0.1) is 12.8 Å². The topological polar surface area (TPSA) is 70.8 Å². The van der Waals surface area contributed by atoms with Crippen molar-refractivity contribution in [1.82, 2.24) is 9.80 Å². The number of nitrogens with zero attached hydrogens (tertiary/aromatic N) is 2. The van der Waals surface area contributed by atoms with Crippen molar-refractivity contribution >= 4 is 11.8 Å². The van der Waals surface area contributed by atoms with Gasteiger partial charge in [0, 0.05) is 32.1 Å². The van der Waals surface area contributed by atoms with Crippen LogP contribution in [0.3, 0.4) is 0 Å². The second-order valence-electron chi connectivity index (χ2n) is 8.06. The molecule has 6 nitrogen and oxygen atoms in total. The molecule has 2 aliphatic heterocycles. The lowest BCUT2D eigenvalue weighted by molar-refractivity contribution is -0.134. The molecule has 3 heterocycles. The van der Waals surface area contributed by atoms with Gasteiger partial charge in [-0.1, -0.05) is 12.8 Å². The first-order chi connectivity index (χ1) is 12.5. The smallest absolute Gasteiger partial charge is 0.349 e. The maximum Gasteiger partial charge on any atom is 0.349 e. The lowest BCUT2D eigenvalue weighted by Gasteiger charge is -2.30. The van der Waals surface area contributed by atoms with Crippen molar-refractivity contribution in [1.29, 1.82) is 0 Å². The highest BCUT2D eigenvalue weighted by molar-refractivity contribution is 5.95. The van der Waals surface area contributed by atoms with E-state index in [1.807, 2.05) is 20.0 Å². The third-order valence-corrected chi connectivity index (χ3v) is 6.38. The maximum absolute atomic E-state index is 13.1. The summed E-state index contributed by atoms with van der Waals surface area (Å²) in [6.45, 7) is 2.69. The van der Waals surface area contributed by atoms with Crippen LogP contribution in [0.1, 0.15) is 66.1 Å². The Hall–Kier alpha value is -2.11. The molecule has 3 aliphatic rings. The Kier molecular flexibility index (Phi) is 4.37. The number of likely N-dealkylation sites (N-methyl/N-ethyl adjacent to an activating group) is 1. The number of carbonyl (C=O) groups excluding carboxylic acids is 2. The molecule has 0 spiro atoms. The van der Waals surface area contributed by atoms with Crippen LogP contribution < -0.4 is 5.63 Å². The lowest BCUT2D eigenvalue weighted by atomic mass is 9.83. The zero-order valence-electron chi connectivity index (χ0n) is 15.5. The minimum Gasteiger partial charge on any atom is -0.427 e. The van der Waals surface area contributed by atoms with E-state index in [9.17, 15) is 14.4 Å². The van der Waals surface area contributed by atoms with E-state index in [1.165, 1.54) is 0 Å². The van der Waals surface area contributed by atoms with Gasteiger partial charge in [-0.05, 0) is 44.2 Å². The highest BCUT2D eigenvalue weighted by Crippen LogP contribution is 2.36. The summed E-state index contributed by atoms with van der Waals surface area (Å²) in [5.41, 5.74) is 0.274. The van der Waals surface area contributed by atoms with E-state index in [1.54, 1.807) is 9.80 Å². The number of amides is 2. The molecule has 1 aromatic rings. The summed E-state index contributed by atoms with van der Waals surface area (Å²) in [7, 11) is 1.83. The minimum atomic E-state index is -0.536. The van der Waals surface area contributed by atoms with E-state index in [2.05, 4.69) is 0 Å². The fraction of sp³-hybridized carbons (Fsp3) is 0.650. The van der Waals surface area contributed by atoms with E-state index in [-0.39, 0.29) is 29.3 Å². The predicted octanol–water partition coefficient (Wildman–Crippen LogP) is 2.30. The van der Waals surface area contributed by atoms with Crippen molar-refractivity contribution in [3.05, 3.63) is 33.4 Å². The van der Waals surface area contributed by atoms with Crippen LogP contribution in [-0.2, 0) is 4.79 Å². The summed E-state index contributed by atoms with van der Waals surface area (Å²) >= 11 is 0. The van der Waals surface area contributed by atoms with Gasteiger partial charge < -0.3 is 14.2 Å². The average Bonchev–Trinajstić information content (AvgIpc) is 2.70. The van der Waals surface area contributed by atoms with Gasteiger partial charge in [-0.3, -0.25) is 9.59 Å². The summed E-state index contributed by atoms with van der Waals surface area (Å²) < 4.78 is 5.49. The Morgan fingerprint density at radius 3 is 2.42 bits per heavy atom. The van der Waals surface area contributed by atoms with E-state index >= 15 is 0 Å². The molecule has 0 radical (unpaired) electrons. The summed E-state index contributed by atoms with van der Waals surface area (Å²) in [6, 6.07) is 1.88. The van der Waals surface area contributed by atoms with E-state index in [0.717, 1.165) is 38.5 Å². The molecule has 3 fully saturated rings. The number of likely N-dealkylation sites (tertiary alicyclic amines) is 1. The molecule has 2 bridgehead atoms. The highest BCUT2D eigenvalue weighted by Gasteiger charge is 2.39. The van der Waals surface area contributed by atoms with Crippen LogP contribution in [0.15, 0.2) is 15.3 Å². The Balaban J connectivity index is 1.63. The number of rotatable bonds is 2. The molecule has 1 aliphatic carbocycles. The van der Waals surface area contributed by atoms with Crippen molar-refractivity contribution in [2.24, 2.45) is 5.92 Å². The summed E-state index contributed by atoms with van der Waals surface area (Å²) in [5.74, 6) is 0.675. The number of aryl methyl sites for hydroxylation is 1. The SMILES string of the molecule is Cc1cc(C2CCC2)oc(=O)c1C(=O)N1C[C@H]2CCC[C@@H](C1)N(C)C2=O. The maximum atomic E-state index is 13.1. The second kappa shape index (κ2) is 6.56. The lowest BCUT2D eigenvalue weighted by Crippen LogP contribution is -2.43. The van der Waals surface area contributed by atoms with Crippen molar-refractivity contribution < 1.29 is 14.0 Å². The largest absolute Gasteiger partial charge is 0.427 e. The van der Waals surface area contributed by atoms with Crippen LogP contribution >= 0.6 is 0 Å². The number of hydrogen-bond acceptors (Lipinski definition) is 4. The van der Waals surface area contributed by atoms with Crippen LogP contribution in [0.5, 0.6) is 0 Å². The van der Waals surface area contributed by atoms with Gasteiger partial charge in [0.2, 0.25) is 5.91 Å². The number of hydrogen-bond donors (Lipinski definition) is 0. The molecule has 26 heavy (non-hydrogen) atoms. The molecule has 2 atom stereocenters.